The minimum atomic E-state index is 0.0681. The SMILES string of the molecule is Cc1[nH]c2c(N3CCCCC3)c(-c3ccccc3)nn2c(=O)c1C1CCCC1. The first kappa shape index (κ1) is 17.5. The lowest BCUT2D eigenvalue weighted by Gasteiger charge is -2.28. The number of H-pyrrole nitrogens is 1. The van der Waals surface area contributed by atoms with Crippen LogP contribution in [0.5, 0.6) is 0 Å². The van der Waals surface area contributed by atoms with Crippen molar-refractivity contribution in [2.24, 2.45) is 0 Å². The lowest BCUT2D eigenvalue weighted by atomic mass is 9.97. The van der Waals surface area contributed by atoms with E-state index in [2.05, 4.69) is 28.9 Å². The van der Waals surface area contributed by atoms with E-state index < -0.39 is 0 Å². The first-order valence-corrected chi connectivity index (χ1v) is 10.7. The van der Waals surface area contributed by atoms with E-state index in [1.165, 1.54) is 32.1 Å². The van der Waals surface area contributed by atoms with Crippen molar-refractivity contribution in [2.45, 2.75) is 57.8 Å². The van der Waals surface area contributed by atoms with E-state index in [0.29, 0.717) is 5.92 Å². The molecule has 3 aromatic rings. The van der Waals surface area contributed by atoms with Gasteiger partial charge in [0.25, 0.3) is 5.56 Å². The first-order valence-electron chi connectivity index (χ1n) is 10.7. The number of nitrogens with zero attached hydrogens (tertiary/aromatic N) is 3. The molecule has 1 aliphatic heterocycles. The van der Waals surface area contributed by atoms with Gasteiger partial charge in [0.2, 0.25) is 0 Å². The molecule has 0 bridgehead atoms. The summed E-state index contributed by atoms with van der Waals surface area (Å²) < 4.78 is 1.65. The third-order valence-electron chi connectivity index (χ3n) is 6.48. The molecule has 1 aromatic carbocycles. The van der Waals surface area contributed by atoms with Crippen molar-refractivity contribution in [3.63, 3.8) is 0 Å². The normalized spacial score (nSPS) is 18.2. The summed E-state index contributed by atoms with van der Waals surface area (Å²) in [6, 6.07) is 10.3. The van der Waals surface area contributed by atoms with Gasteiger partial charge in [-0.3, -0.25) is 4.79 Å². The van der Waals surface area contributed by atoms with E-state index in [1.54, 1.807) is 4.52 Å². The van der Waals surface area contributed by atoms with Crippen LogP contribution in [-0.2, 0) is 0 Å². The van der Waals surface area contributed by atoms with Gasteiger partial charge >= 0.3 is 0 Å². The first-order chi connectivity index (χ1) is 13.7. The van der Waals surface area contributed by atoms with Crippen LogP contribution in [0.2, 0.25) is 0 Å². The highest BCUT2D eigenvalue weighted by atomic mass is 16.1. The summed E-state index contributed by atoms with van der Waals surface area (Å²) in [6.07, 6.45) is 8.31. The Kier molecular flexibility index (Phi) is 4.46. The zero-order chi connectivity index (χ0) is 19.1. The van der Waals surface area contributed by atoms with Crippen LogP contribution in [0.15, 0.2) is 35.1 Å². The van der Waals surface area contributed by atoms with Gasteiger partial charge in [0.05, 0.1) is 0 Å². The van der Waals surface area contributed by atoms with Crippen LogP contribution in [0.4, 0.5) is 5.69 Å². The summed E-state index contributed by atoms with van der Waals surface area (Å²) in [4.78, 5) is 19.5. The van der Waals surface area contributed by atoms with E-state index >= 15 is 0 Å². The molecule has 5 heteroatoms. The number of aromatic amines is 1. The second kappa shape index (κ2) is 7.12. The highest BCUT2D eigenvalue weighted by molar-refractivity contribution is 5.86. The Balaban J connectivity index is 1.75. The molecule has 5 nitrogen and oxygen atoms in total. The fraction of sp³-hybridized carbons (Fsp3) is 0.478. The number of hydrogen-bond acceptors (Lipinski definition) is 3. The van der Waals surface area contributed by atoms with Gasteiger partial charge in [-0.05, 0) is 44.9 Å². The number of nitrogens with one attached hydrogen (secondary N) is 1. The summed E-state index contributed by atoms with van der Waals surface area (Å²) in [5.74, 6) is 0.371. The predicted molar refractivity (Wildman–Crippen MR) is 113 cm³/mol. The maximum atomic E-state index is 13.5. The van der Waals surface area contributed by atoms with E-state index in [-0.39, 0.29) is 5.56 Å². The van der Waals surface area contributed by atoms with Gasteiger partial charge < -0.3 is 9.88 Å². The molecule has 28 heavy (non-hydrogen) atoms. The van der Waals surface area contributed by atoms with E-state index in [9.17, 15) is 4.79 Å². The van der Waals surface area contributed by atoms with Crippen LogP contribution in [0.25, 0.3) is 16.9 Å². The molecular formula is C23H28N4O. The second-order valence-electron chi connectivity index (χ2n) is 8.32. The Bertz CT molecular complexity index is 1040. The molecule has 2 fully saturated rings. The van der Waals surface area contributed by atoms with Gasteiger partial charge in [-0.1, -0.05) is 43.2 Å². The number of benzene rings is 1. The Morgan fingerprint density at radius 3 is 2.43 bits per heavy atom. The third-order valence-corrected chi connectivity index (χ3v) is 6.48. The minimum absolute atomic E-state index is 0.0681. The fourth-order valence-corrected chi connectivity index (χ4v) is 5.09. The molecule has 0 atom stereocenters. The van der Waals surface area contributed by atoms with Crippen molar-refractivity contribution in [3.8, 4) is 11.3 Å². The van der Waals surface area contributed by atoms with E-state index in [1.807, 2.05) is 18.2 Å². The summed E-state index contributed by atoms with van der Waals surface area (Å²) in [5, 5.41) is 4.86. The molecule has 1 saturated carbocycles. The van der Waals surface area contributed by atoms with Crippen molar-refractivity contribution in [1.29, 1.82) is 0 Å². The number of piperidine rings is 1. The number of hydrogen-bond donors (Lipinski definition) is 1. The summed E-state index contributed by atoms with van der Waals surface area (Å²) in [7, 11) is 0. The fourth-order valence-electron chi connectivity index (χ4n) is 5.09. The number of fused-ring (bicyclic) bond motifs is 1. The Hall–Kier alpha value is -2.56. The molecule has 0 radical (unpaired) electrons. The highest BCUT2D eigenvalue weighted by Gasteiger charge is 2.28. The zero-order valence-corrected chi connectivity index (χ0v) is 16.6. The Morgan fingerprint density at radius 1 is 1.00 bits per heavy atom. The topological polar surface area (TPSA) is 53.4 Å². The molecule has 3 heterocycles. The van der Waals surface area contributed by atoms with Crippen molar-refractivity contribution < 1.29 is 0 Å². The molecule has 1 aliphatic carbocycles. The van der Waals surface area contributed by atoms with Gasteiger partial charge in [0, 0.05) is 29.9 Å². The standard InChI is InChI=1S/C23H28N4O/c1-16-19(17-10-6-7-11-17)23(28)27-22(24-16)21(26-14-8-3-9-15-26)20(25-27)18-12-4-2-5-13-18/h2,4-5,12-13,17,24H,3,6-11,14-15H2,1H3. The average Bonchev–Trinajstić information content (AvgIpc) is 3.38. The van der Waals surface area contributed by atoms with Gasteiger partial charge in [0.15, 0.2) is 5.65 Å². The van der Waals surface area contributed by atoms with Gasteiger partial charge in [-0.25, -0.2) is 0 Å². The van der Waals surface area contributed by atoms with Crippen molar-refractivity contribution >= 4 is 11.3 Å². The minimum Gasteiger partial charge on any atom is -0.367 e. The van der Waals surface area contributed by atoms with Crippen LogP contribution < -0.4 is 10.5 Å². The molecule has 2 aromatic heterocycles. The summed E-state index contributed by atoms with van der Waals surface area (Å²) in [5.41, 5.74) is 5.95. The Morgan fingerprint density at radius 2 is 1.71 bits per heavy atom. The number of aromatic nitrogens is 3. The largest absolute Gasteiger partial charge is 0.367 e. The molecular weight excluding hydrogens is 348 g/mol. The monoisotopic (exact) mass is 376 g/mol. The highest BCUT2D eigenvalue weighted by Crippen LogP contribution is 2.37. The number of aryl methyl sites for hydroxylation is 1. The Labute approximate surface area is 165 Å². The number of rotatable bonds is 3. The van der Waals surface area contributed by atoms with E-state index in [4.69, 9.17) is 5.10 Å². The third kappa shape index (κ3) is 2.84. The molecule has 146 valence electrons. The van der Waals surface area contributed by atoms with Crippen molar-refractivity contribution in [3.05, 3.63) is 51.9 Å². The molecule has 1 saturated heterocycles. The van der Waals surface area contributed by atoms with Gasteiger partial charge in [-0.15, -0.1) is 0 Å². The smallest absolute Gasteiger partial charge is 0.278 e. The van der Waals surface area contributed by atoms with Crippen LogP contribution in [0.1, 0.15) is 62.1 Å². The summed E-state index contributed by atoms with van der Waals surface area (Å²) >= 11 is 0. The van der Waals surface area contributed by atoms with Crippen LogP contribution in [-0.4, -0.2) is 27.7 Å². The van der Waals surface area contributed by atoms with Gasteiger partial charge in [-0.2, -0.15) is 9.61 Å². The lowest BCUT2D eigenvalue weighted by molar-refractivity contribution is 0.579. The van der Waals surface area contributed by atoms with Crippen LogP contribution >= 0.6 is 0 Å². The zero-order valence-electron chi connectivity index (χ0n) is 16.6. The second-order valence-corrected chi connectivity index (χ2v) is 8.32. The predicted octanol–water partition coefficient (Wildman–Crippen LogP) is 4.65. The molecule has 0 unspecified atom stereocenters. The number of anilines is 1. The molecule has 5 rings (SSSR count). The van der Waals surface area contributed by atoms with E-state index in [0.717, 1.165) is 59.8 Å². The quantitative estimate of drug-likeness (QED) is 0.724. The van der Waals surface area contributed by atoms with Crippen molar-refractivity contribution in [2.75, 3.05) is 18.0 Å². The summed E-state index contributed by atoms with van der Waals surface area (Å²) in [6.45, 7) is 4.10. The molecule has 2 aliphatic rings. The lowest BCUT2D eigenvalue weighted by Crippen LogP contribution is -2.30. The average molecular weight is 377 g/mol. The molecule has 0 spiro atoms. The van der Waals surface area contributed by atoms with Crippen LogP contribution in [0, 0.1) is 6.92 Å². The molecule has 0 amide bonds. The maximum Gasteiger partial charge on any atom is 0.278 e. The van der Waals surface area contributed by atoms with Crippen LogP contribution in [0.3, 0.4) is 0 Å². The molecule has 1 N–H and O–H groups in total. The van der Waals surface area contributed by atoms with Gasteiger partial charge in [0.1, 0.15) is 11.4 Å². The maximum absolute atomic E-state index is 13.5. The van der Waals surface area contributed by atoms with Crippen molar-refractivity contribution in [1.82, 2.24) is 14.6 Å².